The summed E-state index contributed by atoms with van der Waals surface area (Å²) in [6.07, 6.45) is 8.81. The number of aliphatic hydroxyl groups is 1. The number of amides is 4. The average Bonchev–Trinajstić information content (AvgIpc) is 3.66. The van der Waals surface area contributed by atoms with Gasteiger partial charge >= 0.3 is 0 Å². The number of benzene rings is 2. The van der Waals surface area contributed by atoms with Crippen LogP contribution in [0, 0.1) is 11.7 Å². The highest BCUT2D eigenvalue weighted by molar-refractivity contribution is 6.07. The summed E-state index contributed by atoms with van der Waals surface area (Å²) in [6.45, 7) is 6.45. The minimum Gasteiger partial charge on any atom is -0.396 e. The second-order valence-corrected chi connectivity index (χ2v) is 17.1. The van der Waals surface area contributed by atoms with E-state index in [0.29, 0.717) is 52.0 Å². The molecular weight excluding hydrogens is 832 g/mol. The zero-order valence-corrected chi connectivity index (χ0v) is 36.1. The third kappa shape index (κ3) is 10.1. The molecule has 3 fully saturated rings. The third-order valence-corrected chi connectivity index (χ3v) is 12.8. The number of nitrogens with one attached hydrogen (secondary N) is 4. The Balaban J connectivity index is 0.729. The van der Waals surface area contributed by atoms with Gasteiger partial charge in [0.1, 0.15) is 29.3 Å². The lowest BCUT2D eigenvalue weighted by Crippen LogP contribution is -2.52. The maximum absolute atomic E-state index is 13.6. The van der Waals surface area contributed by atoms with Gasteiger partial charge in [-0.1, -0.05) is 12.5 Å². The maximum atomic E-state index is 13.6. The summed E-state index contributed by atoms with van der Waals surface area (Å²) < 4.78 is 13.6. The number of halogens is 1. The second-order valence-electron chi connectivity index (χ2n) is 17.1. The predicted octanol–water partition coefficient (Wildman–Crippen LogP) is 5.34. The van der Waals surface area contributed by atoms with Crippen molar-refractivity contribution in [3.05, 3.63) is 90.0 Å². The number of anilines is 7. The number of hydrogen-bond acceptors (Lipinski definition) is 14. The molecule has 7 heterocycles. The van der Waals surface area contributed by atoms with E-state index in [1.54, 1.807) is 36.5 Å². The number of rotatable bonds is 15. The Kier molecular flexibility index (Phi) is 13.1. The molecule has 338 valence electrons. The predicted molar refractivity (Wildman–Crippen MR) is 245 cm³/mol. The van der Waals surface area contributed by atoms with Gasteiger partial charge in [0.2, 0.25) is 23.7 Å². The molecule has 3 aromatic heterocycles. The summed E-state index contributed by atoms with van der Waals surface area (Å²) in [5.41, 5.74) is 4.14. The molecule has 4 amide bonds. The van der Waals surface area contributed by atoms with Gasteiger partial charge in [-0.25, -0.2) is 19.3 Å². The van der Waals surface area contributed by atoms with Gasteiger partial charge in [0.15, 0.2) is 0 Å². The fraction of sp³-hybridized carbons (Fsp3) is 0.404. The Morgan fingerprint density at radius 2 is 1.63 bits per heavy atom. The lowest BCUT2D eigenvalue weighted by Gasteiger charge is -2.36. The zero-order chi connectivity index (χ0) is 44.9. The molecule has 0 saturated carbocycles. The van der Waals surface area contributed by atoms with Crippen LogP contribution in [0.25, 0.3) is 10.9 Å². The number of piperazine rings is 1. The van der Waals surface area contributed by atoms with Crippen molar-refractivity contribution >= 4 is 75.0 Å². The fourth-order valence-corrected chi connectivity index (χ4v) is 9.09. The Hall–Kier alpha value is -6.79. The molecular formula is C47H53FN12O5. The highest BCUT2D eigenvalue weighted by Crippen LogP contribution is 2.34. The molecule has 9 rings (SSSR count). The minimum absolute atomic E-state index is 0.107. The van der Waals surface area contributed by atoms with Crippen LogP contribution in [0.4, 0.5) is 44.9 Å². The summed E-state index contributed by atoms with van der Waals surface area (Å²) in [4.78, 5) is 77.7. The van der Waals surface area contributed by atoms with Crippen LogP contribution in [0.2, 0.25) is 0 Å². The van der Waals surface area contributed by atoms with Crippen LogP contribution in [0.15, 0.2) is 73.1 Å². The highest BCUT2D eigenvalue weighted by atomic mass is 19.1. The normalized spacial score (nSPS) is 18.2. The Bertz CT molecular complexity index is 2550. The first-order valence-electron chi connectivity index (χ1n) is 22.5. The lowest BCUT2D eigenvalue weighted by molar-refractivity contribution is -0.137. The van der Waals surface area contributed by atoms with Crippen LogP contribution in [-0.4, -0.2) is 117 Å². The van der Waals surface area contributed by atoms with Crippen molar-refractivity contribution in [1.29, 1.82) is 0 Å². The van der Waals surface area contributed by atoms with Crippen molar-refractivity contribution in [3.8, 4) is 0 Å². The van der Waals surface area contributed by atoms with Crippen molar-refractivity contribution in [2.75, 3.05) is 78.2 Å². The molecule has 5 aromatic rings. The number of aliphatic hydroxyl groups excluding tert-OH is 1. The molecule has 0 aliphatic carbocycles. The van der Waals surface area contributed by atoms with Crippen LogP contribution >= 0.6 is 0 Å². The van der Waals surface area contributed by atoms with Gasteiger partial charge in [-0.2, -0.15) is 4.98 Å². The van der Waals surface area contributed by atoms with Gasteiger partial charge in [0.05, 0.1) is 23.6 Å². The van der Waals surface area contributed by atoms with Gasteiger partial charge in [0.25, 0.3) is 5.91 Å². The standard InChI is InChI=1S/C47H53FN12O5/c48-31-8-10-32(11-9-31)51-47-53-38-27-50-41(25-35(38)44(56-47)59-19-16-30(29-61)17-20-59)54-40-14-12-33(26-49-40)58-23-21-57(22-24-58)18-3-1-2-7-42(62)52-37-6-4-5-34-36(37)28-60(46(34)65)39-13-15-43(63)55-45(39)64/h4-6,8-12,14,25-27,30,39,61H,1-3,7,13,15-24,28-29H2,(H,52,62)(H,49,50,54)(H,51,53,56)(H,55,63,64). The molecule has 3 saturated heterocycles. The summed E-state index contributed by atoms with van der Waals surface area (Å²) >= 11 is 0. The molecule has 0 bridgehead atoms. The van der Waals surface area contributed by atoms with Gasteiger partial charge < -0.3 is 35.8 Å². The molecule has 1 atom stereocenters. The highest BCUT2D eigenvalue weighted by Gasteiger charge is 2.40. The van der Waals surface area contributed by atoms with Gasteiger partial charge in [-0.05, 0) is 99.2 Å². The Morgan fingerprint density at radius 1 is 0.831 bits per heavy atom. The van der Waals surface area contributed by atoms with E-state index in [4.69, 9.17) is 15.0 Å². The van der Waals surface area contributed by atoms with E-state index in [0.717, 1.165) is 94.8 Å². The van der Waals surface area contributed by atoms with Crippen LogP contribution in [0.5, 0.6) is 0 Å². The third-order valence-electron chi connectivity index (χ3n) is 12.8. The molecule has 65 heavy (non-hydrogen) atoms. The molecule has 18 heteroatoms. The first kappa shape index (κ1) is 43.5. The van der Waals surface area contributed by atoms with Crippen LogP contribution in [-0.2, 0) is 20.9 Å². The van der Waals surface area contributed by atoms with E-state index in [9.17, 15) is 28.7 Å². The second kappa shape index (κ2) is 19.5. The average molecular weight is 885 g/mol. The van der Waals surface area contributed by atoms with Crippen molar-refractivity contribution in [3.63, 3.8) is 0 Å². The molecule has 5 N–H and O–H groups in total. The quantitative estimate of drug-likeness (QED) is 0.0667. The van der Waals surface area contributed by atoms with E-state index in [2.05, 4.69) is 47.0 Å². The van der Waals surface area contributed by atoms with Crippen molar-refractivity contribution in [2.45, 2.75) is 64.0 Å². The van der Waals surface area contributed by atoms with Crippen molar-refractivity contribution in [1.82, 2.24) is 35.1 Å². The first-order chi connectivity index (χ1) is 31.7. The monoisotopic (exact) mass is 884 g/mol. The molecule has 2 aromatic carbocycles. The van der Waals surface area contributed by atoms with Gasteiger partial charge in [-0.15, -0.1) is 0 Å². The minimum atomic E-state index is -0.705. The number of carbonyl (C=O) groups excluding carboxylic acids is 4. The van der Waals surface area contributed by atoms with Gasteiger partial charge in [0, 0.05) is 93.1 Å². The molecule has 0 spiro atoms. The van der Waals surface area contributed by atoms with Crippen molar-refractivity contribution < 1.29 is 28.7 Å². The number of unbranched alkanes of at least 4 members (excludes halogenated alkanes) is 2. The maximum Gasteiger partial charge on any atom is 0.255 e. The molecule has 4 aliphatic rings. The topological polar surface area (TPSA) is 201 Å². The van der Waals surface area contributed by atoms with E-state index in [-0.39, 0.29) is 55.4 Å². The number of fused-ring (bicyclic) bond motifs is 2. The number of nitrogens with zero attached hydrogens (tertiary/aromatic N) is 8. The van der Waals surface area contributed by atoms with Crippen LogP contribution in [0.3, 0.4) is 0 Å². The van der Waals surface area contributed by atoms with Gasteiger partial charge in [-0.3, -0.25) is 29.4 Å². The fourth-order valence-electron chi connectivity index (χ4n) is 9.09. The summed E-state index contributed by atoms with van der Waals surface area (Å²) in [5.74, 6) is 1.21. The Morgan fingerprint density at radius 3 is 2.38 bits per heavy atom. The Labute approximate surface area is 375 Å². The first-order valence-corrected chi connectivity index (χ1v) is 22.5. The van der Waals surface area contributed by atoms with Crippen LogP contribution in [0.1, 0.15) is 67.3 Å². The number of hydrogen-bond donors (Lipinski definition) is 5. The molecule has 0 radical (unpaired) electrons. The molecule has 4 aliphatic heterocycles. The van der Waals surface area contributed by atoms with Crippen LogP contribution < -0.4 is 31.1 Å². The van der Waals surface area contributed by atoms with E-state index in [1.807, 2.05) is 18.3 Å². The smallest absolute Gasteiger partial charge is 0.255 e. The van der Waals surface area contributed by atoms with E-state index in [1.165, 1.54) is 17.0 Å². The summed E-state index contributed by atoms with van der Waals surface area (Å²) in [6, 6.07) is 16.5. The zero-order valence-electron chi connectivity index (χ0n) is 36.1. The molecule has 17 nitrogen and oxygen atoms in total. The van der Waals surface area contributed by atoms with Crippen molar-refractivity contribution in [2.24, 2.45) is 5.92 Å². The van der Waals surface area contributed by atoms with E-state index >= 15 is 0 Å². The number of piperidine rings is 2. The SMILES string of the molecule is O=C1CCC(N2Cc3c(NC(=O)CCCCCN4CCN(c5ccc(Nc6cc7c(N8CCC(CO)CC8)nc(Nc8ccc(F)cc8)nc7cn6)nc5)CC4)cccc3C2=O)C(=O)N1. The number of pyridine rings is 2. The molecule has 1 unspecified atom stereocenters. The number of aromatic nitrogens is 4. The summed E-state index contributed by atoms with van der Waals surface area (Å²) in [5, 5.41) is 22.4. The largest absolute Gasteiger partial charge is 0.396 e. The number of imide groups is 1. The summed E-state index contributed by atoms with van der Waals surface area (Å²) in [7, 11) is 0. The lowest BCUT2D eigenvalue weighted by atomic mass is 9.98. The van der Waals surface area contributed by atoms with E-state index < -0.39 is 11.9 Å². The number of carbonyl (C=O) groups is 4.